The summed E-state index contributed by atoms with van der Waals surface area (Å²) in [6.07, 6.45) is 2.49. The van der Waals surface area contributed by atoms with Crippen molar-refractivity contribution in [3.63, 3.8) is 0 Å². The van der Waals surface area contributed by atoms with Gasteiger partial charge in [0.05, 0.1) is 12.9 Å². The summed E-state index contributed by atoms with van der Waals surface area (Å²) in [5.74, 6) is -0.204. The van der Waals surface area contributed by atoms with Gasteiger partial charge in [-0.25, -0.2) is 4.98 Å². The van der Waals surface area contributed by atoms with Gasteiger partial charge >= 0.3 is 5.97 Å². The van der Waals surface area contributed by atoms with Crippen molar-refractivity contribution >= 4 is 29.7 Å². The standard InChI is InChI=1S/C11H10N2O3S/c1-16-10(15)7-17-11-8(6-14)13-5-3-2-4-9(13)12-11/h2-6H,7H2,1H3. The average Bonchev–Trinajstić information content (AvgIpc) is 2.73. The number of aromatic nitrogens is 2. The van der Waals surface area contributed by atoms with Crippen LogP contribution in [0.5, 0.6) is 0 Å². The van der Waals surface area contributed by atoms with Gasteiger partial charge < -0.3 is 4.74 Å². The Balaban J connectivity index is 2.33. The number of carbonyl (C=O) groups excluding carboxylic acids is 2. The minimum absolute atomic E-state index is 0.140. The van der Waals surface area contributed by atoms with Crippen molar-refractivity contribution in [2.24, 2.45) is 0 Å². The van der Waals surface area contributed by atoms with Crippen LogP contribution in [0.4, 0.5) is 0 Å². The van der Waals surface area contributed by atoms with Gasteiger partial charge in [0, 0.05) is 6.20 Å². The van der Waals surface area contributed by atoms with Crippen LogP contribution < -0.4 is 0 Å². The molecule has 0 fully saturated rings. The number of hydrogen-bond acceptors (Lipinski definition) is 5. The molecule has 0 aliphatic rings. The molecule has 0 radical (unpaired) electrons. The molecule has 2 heterocycles. The van der Waals surface area contributed by atoms with E-state index in [0.29, 0.717) is 16.4 Å². The zero-order valence-corrected chi connectivity index (χ0v) is 9.94. The molecular weight excluding hydrogens is 240 g/mol. The molecule has 0 aliphatic heterocycles. The van der Waals surface area contributed by atoms with E-state index >= 15 is 0 Å². The van der Waals surface area contributed by atoms with Crippen molar-refractivity contribution in [2.75, 3.05) is 12.9 Å². The molecule has 0 N–H and O–H groups in total. The third kappa shape index (κ3) is 2.31. The second-order valence-corrected chi connectivity index (χ2v) is 4.18. The monoisotopic (exact) mass is 250 g/mol. The van der Waals surface area contributed by atoms with Crippen LogP contribution in [0.25, 0.3) is 5.65 Å². The van der Waals surface area contributed by atoms with Crippen molar-refractivity contribution in [3.05, 3.63) is 30.1 Å². The van der Waals surface area contributed by atoms with Gasteiger partial charge in [0.1, 0.15) is 16.4 Å². The van der Waals surface area contributed by atoms with E-state index in [4.69, 9.17) is 0 Å². The summed E-state index contributed by atoms with van der Waals surface area (Å²) in [4.78, 5) is 26.3. The van der Waals surface area contributed by atoms with Crippen molar-refractivity contribution in [2.45, 2.75) is 5.03 Å². The maximum Gasteiger partial charge on any atom is 0.316 e. The quantitative estimate of drug-likeness (QED) is 0.466. The second-order valence-electron chi connectivity index (χ2n) is 3.21. The van der Waals surface area contributed by atoms with E-state index in [0.717, 1.165) is 6.29 Å². The van der Waals surface area contributed by atoms with Gasteiger partial charge in [-0.1, -0.05) is 17.8 Å². The first-order chi connectivity index (χ1) is 8.26. The highest BCUT2D eigenvalue weighted by atomic mass is 32.2. The minimum atomic E-state index is -0.344. The van der Waals surface area contributed by atoms with Crippen LogP contribution in [0, 0.1) is 0 Å². The number of imidazole rings is 1. The number of nitrogens with zero attached hydrogens (tertiary/aromatic N) is 2. The number of carbonyl (C=O) groups is 2. The lowest BCUT2D eigenvalue weighted by atomic mass is 10.4. The zero-order valence-electron chi connectivity index (χ0n) is 9.12. The van der Waals surface area contributed by atoms with Crippen molar-refractivity contribution < 1.29 is 14.3 Å². The molecule has 0 aliphatic carbocycles. The van der Waals surface area contributed by atoms with Crippen LogP contribution in [-0.2, 0) is 9.53 Å². The van der Waals surface area contributed by atoms with Crippen LogP contribution in [0.15, 0.2) is 29.4 Å². The molecular formula is C11H10N2O3S. The number of ether oxygens (including phenoxy) is 1. The molecule has 17 heavy (non-hydrogen) atoms. The fourth-order valence-corrected chi connectivity index (χ4v) is 2.22. The number of fused-ring (bicyclic) bond motifs is 1. The van der Waals surface area contributed by atoms with Gasteiger partial charge in [0.25, 0.3) is 0 Å². The molecule has 0 spiro atoms. The molecule has 0 amide bonds. The highest BCUT2D eigenvalue weighted by Crippen LogP contribution is 2.22. The molecule has 5 nitrogen and oxygen atoms in total. The minimum Gasteiger partial charge on any atom is -0.468 e. The number of thioether (sulfide) groups is 1. The lowest BCUT2D eigenvalue weighted by Gasteiger charge is -1.97. The van der Waals surface area contributed by atoms with Gasteiger partial charge in [0.15, 0.2) is 6.29 Å². The molecule has 2 aromatic rings. The van der Waals surface area contributed by atoms with Gasteiger partial charge in [-0.05, 0) is 12.1 Å². The van der Waals surface area contributed by atoms with Crippen molar-refractivity contribution in [3.8, 4) is 0 Å². The van der Waals surface area contributed by atoms with Crippen molar-refractivity contribution in [1.82, 2.24) is 9.38 Å². The van der Waals surface area contributed by atoms with Gasteiger partial charge in [-0.3, -0.25) is 14.0 Å². The summed E-state index contributed by atoms with van der Waals surface area (Å²) in [5, 5.41) is 0.539. The van der Waals surface area contributed by atoms with Crippen molar-refractivity contribution in [1.29, 1.82) is 0 Å². The molecule has 0 atom stereocenters. The van der Waals surface area contributed by atoms with Gasteiger partial charge in [0.2, 0.25) is 0 Å². The molecule has 0 saturated heterocycles. The highest BCUT2D eigenvalue weighted by Gasteiger charge is 2.13. The normalized spacial score (nSPS) is 10.4. The Kier molecular flexibility index (Phi) is 3.43. The molecule has 2 aromatic heterocycles. The predicted octanol–water partition coefficient (Wildman–Crippen LogP) is 1.41. The topological polar surface area (TPSA) is 60.7 Å². The number of pyridine rings is 1. The van der Waals surface area contributed by atoms with E-state index < -0.39 is 0 Å². The summed E-state index contributed by atoms with van der Waals surface area (Å²) in [6, 6.07) is 5.46. The Morgan fingerprint density at radius 2 is 2.41 bits per heavy atom. The van der Waals surface area contributed by atoms with Gasteiger partial charge in [-0.15, -0.1) is 0 Å². The highest BCUT2D eigenvalue weighted by molar-refractivity contribution is 8.00. The van der Waals surface area contributed by atoms with Gasteiger partial charge in [-0.2, -0.15) is 0 Å². The van der Waals surface area contributed by atoms with Crippen LogP contribution >= 0.6 is 11.8 Å². The molecule has 2 rings (SSSR count). The lowest BCUT2D eigenvalue weighted by molar-refractivity contribution is -0.137. The van der Waals surface area contributed by atoms with E-state index in [-0.39, 0.29) is 11.7 Å². The summed E-state index contributed by atoms with van der Waals surface area (Å²) < 4.78 is 6.22. The Bertz CT molecular complexity index is 565. The second kappa shape index (κ2) is 5.01. The molecule has 88 valence electrons. The summed E-state index contributed by atoms with van der Waals surface area (Å²) in [7, 11) is 1.33. The smallest absolute Gasteiger partial charge is 0.316 e. The summed E-state index contributed by atoms with van der Waals surface area (Å²) in [5.41, 5.74) is 1.14. The Labute approximate surface area is 102 Å². The molecule has 0 bridgehead atoms. The Hall–Kier alpha value is -1.82. The first kappa shape index (κ1) is 11.7. The van der Waals surface area contributed by atoms with Crippen LogP contribution in [-0.4, -0.2) is 34.5 Å². The Morgan fingerprint density at radius 1 is 1.59 bits per heavy atom. The molecule has 0 unspecified atom stereocenters. The summed E-state index contributed by atoms with van der Waals surface area (Å²) in [6.45, 7) is 0. The molecule has 0 saturated carbocycles. The zero-order chi connectivity index (χ0) is 12.3. The fraction of sp³-hybridized carbons (Fsp3) is 0.182. The average molecular weight is 250 g/mol. The number of aldehydes is 1. The number of methoxy groups -OCH3 is 1. The predicted molar refractivity (Wildman–Crippen MR) is 63.3 cm³/mol. The van der Waals surface area contributed by atoms with E-state index in [9.17, 15) is 9.59 Å². The first-order valence-electron chi connectivity index (χ1n) is 4.88. The maximum absolute atomic E-state index is 11.0. The van der Waals surface area contributed by atoms with Crippen LogP contribution in [0.2, 0.25) is 0 Å². The maximum atomic E-state index is 11.0. The van der Waals surface area contributed by atoms with E-state index in [2.05, 4.69) is 9.72 Å². The van der Waals surface area contributed by atoms with Crippen LogP contribution in [0.3, 0.4) is 0 Å². The number of hydrogen-bond donors (Lipinski definition) is 0. The van der Waals surface area contributed by atoms with E-state index in [1.807, 2.05) is 12.1 Å². The largest absolute Gasteiger partial charge is 0.468 e. The number of rotatable bonds is 4. The lowest BCUT2D eigenvalue weighted by Crippen LogP contribution is -2.03. The molecule has 6 heteroatoms. The fourth-order valence-electron chi connectivity index (χ4n) is 1.39. The third-order valence-electron chi connectivity index (χ3n) is 2.20. The number of esters is 1. The van der Waals surface area contributed by atoms with E-state index in [1.54, 1.807) is 16.7 Å². The SMILES string of the molecule is COC(=O)CSc1nc2ccccn2c1C=O. The first-order valence-corrected chi connectivity index (χ1v) is 5.86. The van der Waals surface area contributed by atoms with Crippen LogP contribution in [0.1, 0.15) is 10.5 Å². The van der Waals surface area contributed by atoms with E-state index in [1.165, 1.54) is 18.9 Å². The third-order valence-corrected chi connectivity index (χ3v) is 3.15. The Morgan fingerprint density at radius 3 is 3.12 bits per heavy atom. The molecule has 0 aromatic carbocycles. The summed E-state index contributed by atoms with van der Waals surface area (Å²) >= 11 is 1.19.